The number of nitrogens with one attached hydrogen (secondary N) is 1. The van der Waals surface area contributed by atoms with Crippen LogP contribution in [0.4, 0.5) is 0 Å². The summed E-state index contributed by atoms with van der Waals surface area (Å²) in [5.74, 6) is 0.946. The van der Waals surface area contributed by atoms with Crippen LogP contribution in [0.25, 0.3) is 0 Å². The van der Waals surface area contributed by atoms with E-state index in [9.17, 15) is 0 Å². The molecule has 0 aromatic rings. The molecule has 2 rings (SSSR count). The largest absolute Gasteiger partial charge is 0.312 e. The van der Waals surface area contributed by atoms with Crippen LogP contribution in [-0.4, -0.2) is 36.1 Å². The molecule has 2 fully saturated rings. The molecule has 1 aliphatic heterocycles. The highest BCUT2D eigenvalue weighted by atomic mass is 15.2. The highest BCUT2D eigenvalue weighted by molar-refractivity contribution is 4.99. The van der Waals surface area contributed by atoms with Crippen LogP contribution >= 0.6 is 0 Å². The number of rotatable bonds is 2. The van der Waals surface area contributed by atoms with Gasteiger partial charge in [0, 0.05) is 18.1 Å². The van der Waals surface area contributed by atoms with E-state index in [2.05, 4.69) is 44.8 Å². The van der Waals surface area contributed by atoms with Gasteiger partial charge in [0.05, 0.1) is 0 Å². The third-order valence-electron chi connectivity index (χ3n) is 4.84. The van der Waals surface area contributed by atoms with Crippen molar-refractivity contribution in [3.8, 4) is 0 Å². The molecule has 1 unspecified atom stereocenters. The van der Waals surface area contributed by atoms with Crippen molar-refractivity contribution >= 4 is 0 Å². The zero-order valence-electron chi connectivity index (χ0n) is 12.3. The van der Waals surface area contributed by atoms with E-state index in [0.717, 1.165) is 5.92 Å². The summed E-state index contributed by atoms with van der Waals surface area (Å²) in [6, 6.07) is 0.628. The second kappa shape index (κ2) is 4.55. The second-order valence-corrected chi connectivity index (χ2v) is 7.60. The molecule has 17 heavy (non-hydrogen) atoms. The van der Waals surface area contributed by atoms with Crippen LogP contribution < -0.4 is 5.32 Å². The fourth-order valence-electron chi connectivity index (χ4n) is 3.07. The van der Waals surface area contributed by atoms with Gasteiger partial charge in [-0.3, -0.25) is 4.90 Å². The summed E-state index contributed by atoms with van der Waals surface area (Å²) in [6.45, 7) is 15.6. The van der Waals surface area contributed by atoms with Crippen LogP contribution in [0, 0.1) is 11.3 Å². The Kier molecular flexibility index (Phi) is 3.57. The van der Waals surface area contributed by atoms with Crippen molar-refractivity contribution in [3.05, 3.63) is 0 Å². The Morgan fingerprint density at radius 3 is 2.24 bits per heavy atom. The summed E-state index contributed by atoms with van der Waals surface area (Å²) in [7, 11) is 0. The van der Waals surface area contributed by atoms with Gasteiger partial charge in [-0.2, -0.15) is 0 Å². The zero-order valence-corrected chi connectivity index (χ0v) is 12.3. The third kappa shape index (κ3) is 3.03. The molecule has 1 aliphatic carbocycles. The lowest BCUT2D eigenvalue weighted by atomic mass is 9.85. The number of hydrogen-bond donors (Lipinski definition) is 1. The van der Waals surface area contributed by atoms with Crippen LogP contribution in [0.2, 0.25) is 0 Å². The Labute approximate surface area is 107 Å². The summed E-state index contributed by atoms with van der Waals surface area (Å²) in [4.78, 5) is 2.75. The molecular formula is C15H30N2. The molecule has 1 saturated heterocycles. The molecule has 2 nitrogen and oxygen atoms in total. The molecule has 2 aliphatic rings. The SMILES string of the molecule is CC(C)(C)C1CN(C(C)(C)C2CC2)CCCN1. The van der Waals surface area contributed by atoms with Crippen molar-refractivity contribution in [1.82, 2.24) is 10.2 Å². The molecular weight excluding hydrogens is 208 g/mol. The first-order valence-electron chi connectivity index (χ1n) is 7.30. The van der Waals surface area contributed by atoms with Gasteiger partial charge in [0.25, 0.3) is 0 Å². The van der Waals surface area contributed by atoms with Gasteiger partial charge in [0.2, 0.25) is 0 Å². The van der Waals surface area contributed by atoms with Gasteiger partial charge >= 0.3 is 0 Å². The van der Waals surface area contributed by atoms with E-state index >= 15 is 0 Å². The van der Waals surface area contributed by atoms with E-state index in [-0.39, 0.29) is 0 Å². The lowest BCUT2D eigenvalue weighted by Crippen LogP contribution is -2.53. The van der Waals surface area contributed by atoms with E-state index in [1.54, 1.807) is 0 Å². The van der Waals surface area contributed by atoms with Gasteiger partial charge in [0.15, 0.2) is 0 Å². The Morgan fingerprint density at radius 1 is 1.06 bits per heavy atom. The van der Waals surface area contributed by atoms with Gasteiger partial charge in [-0.05, 0) is 57.5 Å². The van der Waals surface area contributed by atoms with E-state index in [4.69, 9.17) is 0 Å². The monoisotopic (exact) mass is 238 g/mol. The molecule has 1 N–H and O–H groups in total. The maximum atomic E-state index is 3.74. The van der Waals surface area contributed by atoms with E-state index in [1.807, 2.05) is 0 Å². The third-order valence-corrected chi connectivity index (χ3v) is 4.84. The van der Waals surface area contributed by atoms with Crippen LogP contribution in [0.5, 0.6) is 0 Å². The Bertz CT molecular complexity index is 261. The van der Waals surface area contributed by atoms with E-state index in [0.29, 0.717) is 17.0 Å². The number of nitrogens with zero attached hydrogens (tertiary/aromatic N) is 1. The standard InChI is InChI=1S/C15H30N2/c1-14(2,3)13-11-17(10-6-9-16-13)15(4,5)12-7-8-12/h12-13,16H,6-11H2,1-5H3. The van der Waals surface area contributed by atoms with Crippen molar-refractivity contribution < 1.29 is 0 Å². The summed E-state index contributed by atoms with van der Waals surface area (Å²) in [5.41, 5.74) is 0.776. The predicted octanol–water partition coefficient (Wildman–Crippen LogP) is 2.89. The first-order chi connectivity index (χ1) is 7.82. The highest BCUT2D eigenvalue weighted by Crippen LogP contribution is 2.43. The van der Waals surface area contributed by atoms with Crippen molar-refractivity contribution in [1.29, 1.82) is 0 Å². The van der Waals surface area contributed by atoms with Gasteiger partial charge < -0.3 is 5.32 Å². The summed E-state index contributed by atoms with van der Waals surface area (Å²) >= 11 is 0. The molecule has 1 heterocycles. The average Bonchev–Trinajstić information content (AvgIpc) is 3.04. The molecule has 1 saturated carbocycles. The van der Waals surface area contributed by atoms with Crippen molar-refractivity contribution in [2.75, 3.05) is 19.6 Å². The Morgan fingerprint density at radius 2 is 1.71 bits per heavy atom. The molecule has 2 heteroatoms. The van der Waals surface area contributed by atoms with Gasteiger partial charge in [0.1, 0.15) is 0 Å². The minimum absolute atomic E-state index is 0.363. The molecule has 0 radical (unpaired) electrons. The smallest absolute Gasteiger partial charge is 0.0243 e. The van der Waals surface area contributed by atoms with Crippen LogP contribution in [0.15, 0.2) is 0 Å². The molecule has 1 atom stereocenters. The summed E-state index contributed by atoms with van der Waals surface area (Å²) in [6.07, 6.45) is 4.18. The van der Waals surface area contributed by atoms with Crippen molar-refractivity contribution in [2.45, 2.75) is 65.5 Å². The fraction of sp³-hybridized carbons (Fsp3) is 1.00. The topological polar surface area (TPSA) is 15.3 Å². The first-order valence-corrected chi connectivity index (χ1v) is 7.30. The summed E-state index contributed by atoms with van der Waals surface area (Å²) < 4.78 is 0. The normalized spacial score (nSPS) is 29.1. The van der Waals surface area contributed by atoms with Gasteiger partial charge in [-0.25, -0.2) is 0 Å². The zero-order chi connectivity index (χ0) is 12.7. The highest BCUT2D eigenvalue weighted by Gasteiger charge is 2.43. The molecule has 0 spiro atoms. The van der Waals surface area contributed by atoms with Gasteiger partial charge in [-0.1, -0.05) is 20.8 Å². The van der Waals surface area contributed by atoms with Gasteiger partial charge in [-0.15, -0.1) is 0 Å². The average molecular weight is 238 g/mol. The first kappa shape index (κ1) is 13.4. The van der Waals surface area contributed by atoms with Crippen molar-refractivity contribution in [2.24, 2.45) is 11.3 Å². The summed E-state index contributed by atoms with van der Waals surface area (Å²) in [5, 5.41) is 3.74. The molecule has 100 valence electrons. The van der Waals surface area contributed by atoms with Crippen LogP contribution in [0.1, 0.15) is 53.9 Å². The Hall–Kier alpha value is -0.0800. The second-order valence-electron chi connectivity index (χ2n) is 7.60. The fourth-order valence-corrected chi connectivity index (χ4v) is 3.07. The maximum absolute atomic E-state index is 3.74. The van der Waals surface area contributed by atoms with Crippen LogP contribution in [-0.2, 0) is 0 Å². The molecule has 0 aromatic heterocycles. The molecule has 0 amide bonds. The predicted molar refractivity (Wildman–Crippen MR) is 74.2 cm³/mol. The molecule has 0 bridgehead atoms. The minimum atomic E-state index is 0.363. The van der Waals surface area contributed by atoms with E-state index < -0.39 is 0 Å². The maximum Gasteiger partial charge on any atom is 0.0243 e. The van der Waals surface area contributed by atoms with Crippen LogP contribution in [0.3, 0.4) is 0 Å². The minimum Gasteiger partial charge on any atom is -0.312 e. The van der Waals surface area contributed by atoms with E-state index in [1.165, 1.54) is 38.9 Å². The quantitative estimate of drug-likeness (QED) is 0.796. The van der Waals surface area contributed by atoms with Crippen molar-refractivity contribution in [3.63, 3.8) is 0 Å². The Balaban J connectivity index is 2.06. The number of hydrogen-bond acceptors (Lipinski definition) is 2. The lowest BCUT2D eigenvalue weighted by molar-refractivity contribution is 0.0793. The lowest BCUT2D eigenvalue weighted by Gasteiger charge is -2.42. The molecule has 0 aromatic carbocycles.